The second kappa shape index (κ2) is 3.47. The molecule has 0 aliphatic carbocycles. The van der Waals surface area contributed by atoms with Gasteiger partial charge >= 0.3 is 0 Å². The van der Waals surface area contributed by atoms with E-state index in [1.807, 2.05) is 21.7 Å². The summed E-state index contributed by atoms with van der Waals surface area (Å²) in [6, 6.07) is 2.03. The van der Waals surface area contributed by atoms with Crippen molar-refractivity contribution in [1.82, 2.24) is 4.90 Å². The zero-order valence-electron chi connectivity index (χ0n) is 7.27. The van der Waals surface area contributed by atoms with Gasteiger partial charge in [0, 0.05) is 24.5 Å². The number of thiophene rings is 1. The Balaban J connectivity index is 2.06. The van der Waals surface area contributed by atoms with Crippen LogP contribution in [0.25, 0.3) is 0 Å². The molecule has 0 unspecified atom stereocenters. The van der Waals surface area contributed by atoms with E-state index in [0.717, 1.165) is 18.5 Å². The Kier molecular flexibility index (Phi) is 2.33. The summed E-state index contributed by atoms with van der Waals surface area (Å²) in [5, 5.41) is 3.80. The van der Waals surface area contributed by atoms with Crippen LogP contribution in [0.2, 0.25) is 0 Å². The lowest BCUT2D eigenvalue weighted by atomic mass is 10.3. The van der Waals surface area contributed by atoms with Gasteiger partial charge in [-0.1, -0.05) is 0 Å². The zero-order valence-corrected chi connectivity index (χ0v) is 8.09. The van der Waals surface area contributed by atoms with Gasteiger partial charge in [0.05, 0.1) is 5.56 Å². The minimum absolute atomic E-state index is 0.120. The number of carbonyl (C=O) groups is 1. The van der Waals surface area contributed by atoms with Crippen LogP contribution >= 0.6 is 11.3 Å². The third-order valence-electron chi connectivity index (χ3n) is 2.28. The summed E-state index contributed by atoms with van der Waals surface area (Å²) in [6.07, 6.45) is 0.926. The van der Waals surface area contributed by atoms with Crippen LogP contribution in [-0.2, 0) is 0 Å². The highest BCUT2D eigenvalue weighted by atomic mass is 32.1. The van der Waals surface area contributed by atoms with Gasteiger partial charge in [-0.2, -0.15) is 11.3 Å². The van der Waals surface area contributed by atoms with Crippen molar-refractivity contribution in [3.05, 3.63) is 22.4 Å². The molecule has 1 aliphatic heterocycles. The van der Waals surface area contributed by atoms with Gasteiger partial charge in [-0.15, -0.1) is 0 Å². The smallest absolute Gasteiger partial charge is 0.254 e. The summed E-state index contributed by atoms with van der Waals surface area (Å²) < 4.78 is 0. The van der Waals surface area contributed by atoms with Gasteiger partial charge in [0.15, 0.2) is 0 Å². The maximum Gasteiger partial charge on any atom is 0.254 e. The van der Waals surface area contributed by atoms with E-state index in [1.165, 1.54) is 0 Å². The van der Waals surface area contributed by atoms with Crippen molar-refractivity contribution in [2.75, 3.05) is 13.1 Å². The number of nitrogens with two attached hydrogens (primary N) is 1. The molecule has 1 aliphatic rings. The highest BCUT2D eigenvalue weighted by Gasteiger charge is 2.24. The van der Waals surface area contributed by atoms with E-state index in [1.54, 1.807) is 11.3 Å². The predicted molar refractivity (Wildman–Crippen MR) is 52.8 cm³/mol. The molecule has 1 amide bonds. The fourth-order valence-electron chi connectivity index (χ4n) is 1.54. The van der Waals surface area contributed by atoms with Crippen LogP contribution in [0.1, 0.15) is 16.8 Å². The van der Waals surface area contributed by atoms with Crippen LogP contribution in [0, 0.1) is 0 Å². The van der Waals surface area contributed by atoms with Crippen LogP contribution in [0.5, 0.6) is 0 Å². The van der Waals surface area contributed by atoms with Crippen molar-refractivity contribution in [3.8, 4) is 0 Å². The summed E-state index contributed by atoms with van der Waals surface area (Å²) in [4.78, 5) is 13.6. The number of likely N-dealkylation sites (tertiary alicyclic amines) is 1. The minimum atomic E-state index is 0.120. The van der Waals surface area contributed by atoms with Crippen LogP contribution in [0.4, 0.5) is 0 Å². The minimum Gasteiger partial charge on any atom is -0.337 e. The first-order valence-electron chi connectivity index (χ1n) is 4.34. The molecule has 1 saturated heterocycles. The average molecular weight is 196 g/mol. The van der Waals surface area contributed by atoms with Crippen LogP contribution in [0.3, 0.4) is 0 Å². The Hall–Kier alpha value is -0.870. The topological polar surface area (TPSA) is 46.3 Å². The molecule has 0 saturated carbocycles. The Labute approximate surface area is 81.2 Å². The third-order valence-corrected chi connectivity index (χ3v) is 2.96. The van der Waals surface area contributed by atoms with E-state index in [2.05, 4.69) is 0 Å². The largest absolute Gasteiger partial charge is 0.337 e. The van der Waals surface area contributed by atoms with Gasteiger partial charge in [0.1, 0.15) is 0 Å². The van der Waals surface area contributed by atoms with E-state index in [9.17, 15) is 4.79 Å². The normalized spacial score (nSPS) is 22.2. The molecule has 0 aromatic carbocycles. The Bertz CT molecular complexity index is 297. The summed E-state index contributed by atoms with van der Waals surface area (Å²) in [7, 11) is 0. The molecule has 2 heterocycles. The number of hydrogen-bond donors (Lipinski definition) is 1. The first-order valence-corrected chi connectivity index (χ1v) is 5.28. The van der Waals surface area contributed by atoms with Crippen molar-refractivity contribution in [2.24, 2.45) is 5.73 Å². The number of hydrogen-bond acceptors (Lipinski definition) is 3. The molecule has 1 fully saturated rings. The second-order valence-corrected chi connectivity index (χ2v) is 4.09. The lowest BCUT2D eigenvalue weighted by molar-refractivity contribution is 0.0791. The molecule has 1 aromatic rings. The maximum atomic E-state index is 11.7. The van der Waals surface area contributed by atoms with E-state index < -0.39 is 0 Å². The Morgan fingerprint density at radius 1 is 1.69 bits per heavy atom. The molecule has 13 heavy (non-hydrogen) atoms. The molecule has 0 spiro atoms. The number of carbonyl (C=O) groups excluding carboxylic acids is 1. The zero-order chi connectivity index (χ0) is 9.26. The molecular formula is C9H12N2OS. The third kappa shape index (κ3) is 1.73. The molecular weight excluding hydrogens is 184 g/mol. The summed E-state index contributed by atoms with van der Waals surface area (Å²) in [5.74, 6) is 0.120. The first kappa shape index (κ1) is 8.72. The SMILES string of the molecule is N[C@H]1CCN(C(=O)c2ccsc2)C1. The molecule has 3 nitrogen and oxygen atoms in total. The number of rotatable bonds is 1. The molecule has 0 bridgehead atoms. The molecule has 1 aromatic heterocycles. The van der Waals surface area contributed by atoms with Gasteiger partial charge in [-0.3, -0.25) is 4.79 Å². The quantitative estimate of drug-likeness (QED) is 0.726. The van der Waals surface area contributed by atoms with Gasteiger partial charge in [0.25, 0.3) is 5.91 Å². The van der Waals surface area contributed by atoms with Gasteiger partial charge in [-0.25, -0.2) is 0 Å². The molecule has 4 heteroatoms. The Morgan fingerprint density at radius 3 is 3.08 bits per heavy atom. The van der Waals surface area contributed by atoms with Crippen molar-refractivity contribution >= 4 is 17.2 Å². The van der Waals surface area contributed by atoms with Crippen LogP contribution in [0.15, 0.2) is 16.8 Å². The number of amides is 1. The lowest BCUT2D eigenvalue weighted by Gasteiger charge is -2.14. The maximum absolute atomic E-state index is 11.7. The summed E-state index contributed by atoms with van der Waals surface area (Å²) >= 11 is 1.55. The number of nitrogens with zero attached hydrogens (tertiary/aromatic N) is 1. The van der Waals surface area contributed by atoms with Crippen molar-refractivity contribution in [3.63, 3.8) is 0 Å². The second-order valence-electron chi connectivity index (χ2n) is 3.31. The fraction of sp³-hybridized carbons (Fsp3) is 0.444. The lowest BCUT2D eigenvalue weighted by Crippen LogP contribution is -2.31. The molecule has 0 radical (unpaired) electrons. The van der Waals surface area contributed by atoms with Gasteiger partial charge < -0.3 is 10.6 Å². The predicted octanol–water partition coefficient (Wildman–Crippen LogP) is 0.921. The van der Waals surface area contributed by atoms with Crippen molar-refractivity contribution in [1.29, 1.82) is 0 Å². The first-order chi connectivity index (χ1) is 6.27. The van der Waals surface area contributed by atoms with Crippen LogP contribution in [-0.4, -0.2) is 29.9 Å². The summed E-state index contributed by atoms with van der Waals surface area (Å²) in [6.45, 7) is 1.50. The highest BCUT2D eigenvalue weighted by Crippen LogP contribution is 2.14. The molecule has 1 atom stereocenters. The summed E-state index contributed by atoms with van der Waals surface area (Å²) in [5.41, 5.74) is 6.52. The van der Waals surface area contributed by atoms with Gasteiger partial charge in [-0.05, 0) is 17.9 Å². The molecule has 70 valence electrons. The van der Waals surface area contributed by atoms with E-state index in [-0.39, 0.29) is 11.9 Å². The van der Waals surface area contributed by atoms with E-state index in [4.69, 9.17) is 5.73 Å². The average Bonchev–Trinajstić information content (AvgIpc) is 2.72. The molecule has 2 rings (SSSR count). The fourth-order valence-corrected chi connectivity index (χ4v) is 2.17. The standard InChI is InChI=1S/C9H12N2OS/c10-8-1-3-11(5-8)9(12)7-2-4-13-6-7/h2,4,6,8H,1,3,5,10H2/t8-/m0/s1. The van der Waals surface area contributed by atoms with Crippen LogP contribution < -0.4 is 5.73 Å². The van der Waals surface area contributed by atoms with Crippen molar-refractivity contribution in [2.45, 2.75) is 12.5 Å². The molecule has 2 N–H and O–H groups in total. The van der Waals surface area contributed by atoms with E-state index in [0.29, 0.717) is 6.54 Å². The Morgan fingerprint density at radius 2 is 2.54 bits per heavy atom. The van der Waals surface area contributed by atoms with Crippen molar-refractivity contribution < 1.29 is 4.79 Å². The van der Waals surface area contributed by atoms with E-state index >= 15 is 0 Å². The van der Waals surface area contributed by atoms with Gasteiger partial charge in [0.2, 0.25) is 0 Å². The highest BCUT2D eigenvalue weighted by molar-refractivity contribution is 7.08. The monoisotopic (exact) mass is 196 g/mol.